The van der Waals surface area contributed by atoms with E-state index >= 15 is 0 Å². The average molecular weight is 494 g/mol. The van der Waals surface area contributed by atoms with Crippen LogP contribution >= 0.6 is 24.8 Å². The van der Waals surface area contributed by atoms with E-state index in [1.54, 1.807) is 0 Å². The van der Waals surface area contributed by atoms with Crippen molar-refractivity contribution in [2.45, 2.75) is 85.8 Å². The van der Waals surface area contributed by atoms with Gasteiger partial charge in [0, 0.05) is 0 Å². The molecule has 0 aromatic carbocycles. The van der Waals surface area contributed by atoms with Gasteiger partial charge in [0.1, 0.15) is 0 Å². The van der Waals surface area contributed by atoms with Gasteiger partial charge in [-0.1, -0.05) is 0 Å². The van der Waals surface area contributed by atoms with E-state index in [1.165, 1.54) is 20.6 Å². The van der Waals surface area contributed by atoms with Crippen molar-refractivity contribution in [2.75, 3.05) is 6.61 Å². The molecule has 0 bridgehead atoms. The van der Waals surface area contributed by atoms with E-state index in [4.69, 9.17) is 6.33 Å². The summed E-state index contributed by atoms with van der Waals surface area (Å²) in [7, 11) is 0.128. The first-order valence-electron chi connectivity index (χ1n) is 9.62. The third-order valence-corrected chi connectivity index (χ3v) is 25.5. The predicted molar refractivity (Wildman–Crippen MR) is 128 cm³/mol. The Morgan fingerprint density at radius 3 is 1.78 bits per heavy atom. The summed E-state index contributed by atoms with van der Waals surface area (Å²) >= 11 is -4.70. The van der Waals surface area contributed by atoms with Gasteiger partial charge in [0.2, 0.25) is 0 Å². The number of rotatable bonds is 6. The van der Waals surface area contributed by atoms with Crippen LogP contribution in [0.15, 0.2) is 20.6 Å². The van der Waals surface area contributed by atoms with E-state index in [0.717, 1.165) is 0 Å². The third-order valence-electron chi connectivity index (χ3n) is 5.43. The molecule has 163 valence electrons. The Balaban J connectivity index is 0. The summed E-state index contributed by atoms with van der Waals surface area (Å²) in [6, 6.07) is 0. The summed E-state index contributed by atoms with van der Waals surface area (Å²) in [6.45, 7) is 25.3. The zero-order valence-corrected chi connectivity index (χ0v) is 25.2. The van der Waals surface area contributed by atoms with E-state index in [0.29, 0.717) is 12.5 Å². The quantitative estimate of drug-likeness (QED) is 0.465. The normalized spacial score (nSPS) is 21.4. The van der Waals surface area contributed by atoms with Crippen molar-refractivity contribution in [3.8, 4) is 0 Å². The summed E-state index contributed by atoms with van der Waals surface area (Å²) in [5.74, 6) is 0.352. The predicted octanol–water partition coefficient (Wildman–Crippen LogP) is 5.93. The van der Waals surface area contributed by atoms with Crippen molar-refractivity contribution in [1.29, 1.82) is 0 Å². The van der Waals surface area contributed by atoms with Crippen LogP contribution in [-0.4, -0.2) is 28.1 Å². The standard InChI is InChI=1S/C9H13.C4H10N.C3H9OSi.C2H5O.CH3.2ClH.H2Si.Ti/c1-6-5-7(2)9(4)8(6)3;1-4(2,3)5;1-5(2,3)4;1-2-3;;;;;/h6H,1-4H3;5H,1-3H3;1-3H3;2H2,1H3;1H3;2*1H;1H2;/q;3*-1;;;;;+3. The Kier molecular flexibility index (Phi) is 9.33. The van der Waals surface area contributed by atoms with E-state index in [2.05, 4.69) is 84.1 Å². The second kappa shape index (κ2) is 8.31. The summed E-state index contributed by atoms with van der Waals surface area (Å²) in [5.41, 5.74) is 4.12. The maximum atomic E-state index is 7.26. The third kappa shape index (κ3) is 6.05. The SMILES string of the molecule is CC[O][Ti]([CH3])(=[SiH2])([NH]C(C)(C)C)([O][Si](C)(C)C)[C]1=C(C)C(C)=C(C)C1C.Cl.Cl. The van der Waals surface area contributed by atoms with Crippen LogP contribution in [0.5, 0.6) is 0 Å². The van der Waals surface area contributed by atoms with Gasteiger partial charge in [-0.15, -0.1) is 24.8 Å². The minimum absolute atomic E-state index is 0. The Labute approximate surface area is 182 Å². The fourth-order valence-corrected chi connectivity index (χ4v) is 38.2. The van der Waals surface area contributed by atoms with Crippen LogP contribution in [0.4, 0.5) is 0 Å². The molecule has 1 aliphatic rings. The first-order chi connectivity index (χ1) is 10.8. The molecule has 27 heavy (non-hydrogen) atoms. The Bertz CT molecular complexity index is 711. The first kappa shape index (κ1) is 30.3. The zero-order chi connectivity index (χ0) is 20.1. The minimum atomic E-state index is -4.70. The van der Waals surface area contributed by atoms with E-state index in [-0.39, 0.29) is 30.4 Å². The molecule has 1 rings (SSSR count). The molecule has 0 amide bonds. The van der Waals surface area contributed by atoms with Gasteiger partial charge in [-0.05, 0) is 0 Å². The molecule has 3 nitrogen and oxygen atoms in total. The fourth-order valence-electron chi connectivity index (χ4n) is 5.41. The molecule has 1 atom stereocenters. The molecule has 0 saturated carbocycles. The number of allylic oxidation sites excluding steroid dienone is 4. The van der Waals surface area contributed by atoms with Crippen molar-refractivity contribution in [1.82, 2.24) is 3.80 Å². The fraction of sp³-hybridized carbons (Fsp3) is 0.789. The summed E-state index contributed by atoms with van der Waals surface area (Å²) < 4.78 is 19.6. The van der Waals surface area contributed by atoms with E-state index < -0.39 is 22.1 Å². The van der Waals surface area contributed by atoms with Crippen LogP contribution in [0, 0.1) is 5.92 Å². The van der Waals surface area contributed by atoms with Crippen molar-refractivity contribution >= 4 is 40.8 Å². The van der Waals surface area contributed by atoms with Crippen LogP contribution in [0.1, 0.15) is 55.4 Å². The molecule has 0 spiro atoms. The molecule has 1 N–H and O–H groups in total. The van der Waals surface area contributed by atoms with Gasteiger partial charge < -0.3 is 0 Å². The van der Waals surface area contributed by atoms with Crippen molar-refractivity contribution in [2.24, 2.45) is 5.92 Å². The molecule has 0 heterocycles. The Morgan fingerprint density at radius 2 is 1.52 bits per heavy atom. The molecule has 1 unspecified atom stereocenters. The van der Waals surface area contributed by atoms with Gasteiger partial charge in [0.15, 0.2) is 0 Å². The molecule has 0 aromatic rings. The molecular weight excluding hydrogens is 449 g/mol. The van der Waals surface area contributed by atoms with Gasteiger partial charge in [-0.2, -0.15) is 0 Å². The summed E-state index contributed by atoms with van der Waals surface area (Å²) in [5, 5.41) is 2.33. The smallest absolute Gasteiger partial charge is 0.147 e. The molecule has 0 saturated heterocycles. The number of hydrogen-bond acceptors (Lipinski definition) is 3. The van der Waals surface area contributed by atoms with Crippen LogP contribution in [0.25, 0.3) is 0 Å². The van der Waals surface area contributed by atoms with Crippen molar-refractivity contribution in [3.05, 3.63) is 20.6 Å². The van der Waals surface area contributed by atoms with Crippen molar-refractivity contribution < 1.29 is 20.1 Å². The van der Waals surface area contributed by atoms with Gasteiger partial charge in [-0.25, -0.2) is 0 Å². The topological polar surface area (TPSA) is 30.5 Å². The molecule has 0 radical (unpaired) electrons. The van der Waals surface area contributed by atoms with Gasteiger partial charge in [0.05, 0.1) is 0 Å². The molecule has 0 fully saturated rings. The molecule has 0 aliphatic heterocycles. The van der Waals surface area contributed by atoms with Crippen LogP contribution in [-0.2, 0) is 20.1 Å². The van der Waals surface area contributed by atoms with Crippen LogP contribution < -0.4 is 3.80 Å². The van der Waals surface area contributed by atoms with Crippen LogP contribution in [0.2, 0.25) is 24.9 Å². The summed E-state index contributed by atoms with van der Waals surface area (Å²) in [4.78, 5) is 0. The molecule has 8 heteroatoms. The Hall–Kier alpha value is 1.09. The summed E-state index contributed by atoms with van der Waals surface area (Å²) in [6.07, 6.45) is 0. The van der Waals surface area contributed by atoms with Gasteiger partial charge in [0.25, 0.3) is 0 Å². The Morgan fingerprint density at radius 1 is 1.07 bits per heavy atom. The molecular formula is C19H44Cl2NO2Si2Ti. The van der Waals surface area contributed by atoms with E-state index in [1.807, 2.05) is 7.63 Å². The maximum Gasteiger partial charge on any atom is -0.147 e. The van der Waals surface area contributed by atoms with Gasteiger partial charge >= 0.3 is 159 Å². The maximum absolute atomic E-state index is 7.26. The van der Waals surface area contributed by atoms with Crippen LogP contribution in [0.3, 0.4) is 0 Å². The largest absolute Gasteiger partial charge is 0.147 e. The second-order valence-electron chi connectivity index (χ2n) is 10.6. The minimum Gasteiger partial charge on any atom is -0.147 e. The molecule has 1 aliphatic carbocycles. The number of halogens is 2. The molecule has 0 aromatic heterocycles. The van der Waals surface area contributed by atoms with Gasteiger partial charge in [-0.3, -0.25) is 0 Å². The first-order valence-corrected chi connectivity index (χ1v) is 21.4. The average Bonchev–Trinajstić information content (AvgIpc) is 2.48. The monoisotopic (exact) mass is 492 g/mol. The van der Waals surface area contributed by atoms with E-state index in [9.17, 15) is 0 Å². The number of hydrogen-bond donors (Lipinski definition) is 1. The zero-order valence-electron chi connectivity index (χ0n) is 19.6. The van der Waals surface area contributed by atoms with Crippen molar-refractivity contribution in [3.63, 3.8) is 0 Å². The number of nitrogens with one attached hydrogen (secondary N) is 1. The second-order valence-corrected chi connectivity index (χ2v) is 33.8.